The lowest BCUT2D eigenvalue weighted by Crippen LogP contribution is -2.00. The van der Waals surface area contributed by atoms with Gasteiger partial charge in [0.25, 0.3) is 0 Å². The van der Waals surface area contributed by atoms with Crippen LogP contribution in [0.15, 0.2) is 332 Å². The van der Waals surface area contributed by atoms with Crippen molar-refractivity contribution in [1.82, 2.24) is 29.9 Å². The summed E-state index contributed by atoms with van der Waals surface area (Å²) < 4.78 is 13.9. The summed E-state index contributed by atoms with van der Waals surface area (Å²) in [5.41, 5.74) is 7.65. The Kier molecular flexibility index (Phi) is 13.5. The second-order valence-electron chi connectivity index (χ2n) is 28.0. The molecule has 0 amide bonds. The van der Waals surface area contributed by atoms with Gasteiger partial charge in [0.2, 0.25) is 0 Å². The number of fused-ring (bicyclic) bond motifs is 24. The van der Waals surface area contributed by atoms with Crippen LogP contribution in [0.5, 0.6) is 0 Å². The highest BCUT2D eigenvalue weighted by molar-refractivity contribution is 7.26. The van der Waals surface area contributed by atoms with E-state index in [9.17, 15) is 0 Å². The van der Waals surface area contributed by atoms with Crippen LogP contribution in [0.3, 0.4) is 0 Å². The number of thiophene rings is 3. The van der Waals surface area contributed by atoms with Gasteiger partial charge in [-0.1, -0.05) is 243 Å². The minimum Gasteiger partial charge on any atom is -0.456 e. The van der Waals surface area contributed by atoms with Crippen molar-refractivity contribution in [2.24, 2.45) is 0 Å². The third-order valence-corrected chi connectivity index (χ3v) is 25.1. The normalized spacial score (nSPS) is 12.1. The van der Waals surface area contributed by atoms with Gasteiger partial charge in [-0.2, -0.15) is 0 Å². The van der Waals surface area contributed by atoms with E-state index in [1.165, 1.54) is 125 Å². The third kappa shape index (κ3) is 9.85. The summed E-state index contributed by atoms with van der Waals surface area (Å²) in [4.78, 5) is 31.3. The second kappa shape index (κ2) is 24.0. The zero-order valence-electron chi connectivity index (χ0n) is 57.5. The summed E-state index contributed by atoms with van der Waals surface area (Å²) >= 11 is 5.47. The van der Waals surface area contributed by atoms with E-state index < -0.39 is 0 Å². The maximum Gasteiger partial charge on any atom is 0.164 e. The molecule has 0 aliphatic rings. The molecule has 0 unspecified atom stereocenters. The standard InChI is InChI=1S/C49H27N3OS.C49H27N3S2/c1-2-9-30-24-33(21-16-28(30)8-1)47-50-48(52-49(51-47)38-12-7-15-44-46(38)37-11-4-6-14-43(37)54-44)34-22-23-35-31(25-34)19-17-29-18-20-32-26-40-36-10-3-5-13-41(36)53-42(40)27-39(32)45(29)35;1-2-9-30-24-33(21-16-28(30)8-1)47-50-48(52-49(51-47)38-12-7-15-43-46(38)37-11-4-6-14-42(37)53-43)34-22-23-35-31(25-34)19-17-29-18-20-32-26-44-40(27-39(32)45(29)35)36-10-3-5-13-41(36)54-44/h2*1-27H. The molecule has 24 aromatic rings. The lowest BCUT2D eigenvalue weighted by molar-refractivity contribution is 0.669. The molecule has 0 atom stereocenters. The molecule has 500 valence electrons. The molecule has 0 bridgehead atoms. The third-order valence-electron chi connectivity index (χ3n) is 21.7. The van der Waals surface area contributed by atoms with Crippen molar-refractivity contribution in [2.75, 3.05) is 0 Å². The van der Waals surface area contributed by atoms with Crippen LogP contribution in [0.1, 0.15) is 0 Å². The molecule has 108 heavy (non-hydrogen) atoms. The number of hydrogen-bond acceptors (Lipinski definition) is 10. The van der Waals surface area contributed by atoms with Crippen LogP contribution in [-0.2, 0) is 0 Å². The Balaban J connectivity index is 0.000000130. The van der Waals surface area contributed by atoms with Gasteiger partial charge < -0.3 is 4.42 Å². The number of rotatable bonds is 6. The van der Waals surface area contributed by atoms with E-state index in [1.54, 1.807) is 22.7 Å². The van der Waals surface area contributed by atoms with Gasteiger partial charge in [0.1, 0.15) is 11.2 Å². The van der Waals surface area contributed by atoms with Gasteiger partial charge in [-0.05, 0) is 171 Å². The minimum absolute atomic E-state index is 0.642. The molecule has 6 aromatic heterocycles. The molecule has 7 nitrogen and oxygen atoms in total. The van der Waals surface area contributed by atoms with Crippen LogP contribution >= 0.6 is 34.0 Å². The summed E-state index contributed by atoms with van der Waals surface area (Å²) in [5.74, 6) is 3.95. The molecule has 18 aromatic carbocycles. The van der Waals surface area contributed by atoms with Crippen molar-refractivity contribution in [3.05, 3.63) is 328 Å². The summed E-state index contributed by atoms with van der Waals surface area (Å²) in [6.45, 7) is 0. The van der Waals surface area contributed by atoms with Crippen molar-refractivity contribution in [3.8, 4) is 68.3 Å². The van der Waals surface area contributed by atoms with Gasteiger partial charge in [-0.15, -0.1) is 34.0 Å². The highest BCUT2D eigenvalue weighted by atomic mass is 32.1. The van der Waals surface area contributed by atoms with Crippen LogP contribution in [0.4, 0.5) is 0 Å². The van der Waals surface area contributed by atoms with Gasteiger partial charge in [0.15, 0.2) is 34.9 Å². The number of furan rings is 1. The molecule has 10 heteroatoms. The molecule has 0 radical (unpaired) electrons. The fourth-order valence-corrected chi connectivity index (χ4v) is 20.0. The molecule has 0 aliphatic carbocycles. The maximum absolute atomic E-state index is 6.34. The Labute approximate surface area is 628 Å². The van der Waals surface area contributed by atoms with Crippen LogP contribution in [0.25, 0.3) is 237 Å². The van der Waals surface area contributed by atoms with Crippen molar-refractivity contribution in [3.63, 3.8) is 0 Å². The molecule has 0 saturated carbocycles. The van der Waals surface area contributed by atoms with Crippen LogP contribution < -0.4 is 0 Å². The van der Waals surface area contributed by atoms with Crippen LogP contribution in [-0.4, -0.2) is 29.9 Å². The number of aromatic nitrogens is 6. The van der Waals surface area contributed by atoms with E-state index in [-0.39, 0.29) is 0 Å². The van der Waals surface area contributed by atoms with Crippen molar-refractivity contribution in [1.29, 1.82) is 0 Å². The van der Waals surface area contributed by atoms with Gasteiger partial charge in [0.05, 0.1) is 0 Å². The van der Waals surface area contributed by atoms with Gasteiger partial charge in [-0.25, -0.2) is 29.9 Å². The van der Waals surface area contributed by atoms with E-state index in [4.69, 9.17) is 34.3 Å². The Morgan fingerprint density at radius 1 is 0.176 bits per heavy atom. The molecular weight excluding hydrogens is 1370 g/mol. The first kappa shape index (κ1) is 60.9. The van der Waals surface area contributed by atoms with Gasteiger partial charge in [-0.3, -0.25) is 0 Å². The molecule has 24 rings (SSSR count). The first-order chi connectivity index (χ1) is 53.4. The highest BCUT2D eigenvalue weighted by Crippen LogP contribution is 2.46. The lowest BCUT2D eigenvalue weighted by Gasteiger charge is -2.12. The average molecular weight is 1430 g/mol. The number of para-hydroxylation sites is 1. The van der Waals surface area contributed by atoms with Crippen molar-refractivity contribution >= 4 is 203 Å². The van der Waals surface area contributed by atoms with Crippen molar-refractivity contribution in [2.45, 2.75) is 0 Å². The van der Waals surface area contributed by atoms with E-state index in [2.05, 4.69) is 315 Å². The molecule has 6 heterocycles. The van der Waals surface area contributed by atoms with E-state index >= 15 is 0 Å². The Morgan fingerprint density at radius 2 is 0.546 bits per heavy atom. The fourth-order valence-electron chi connectivity index (χ4n) is 16.6. The van der Waals surface area contributed by atoms with Gasteiger partial charge >= 0.3 is 0 Å². The molecule has 0 aliphatic heterocycles. The van der Waals surface area contributed by atoms with Crippen LogP contribution in [0.2, 0.25) is 0 Å². The zero-order valence-corrected chi connectivity index (χ0v) is 59.9. The fraction of sp³-hybridized carbons (Fsp3) is 0. The van der Waals surface area contributed by atoms with E-state index in [0.29, 0.717) is 34.9 Å². The topological polar surface area (TPSA) is 90.5 Å². The minimum atomic E-state index is 0.642. The summed E-state index contributed by atoms with van der Waals surface area (Å²) in [7, 11) is 0. The first-order valence-corrected chi connectivity index (χ1v) is 38.6. The Bertz CT molecular complexity index is 7980. The van der Waals surface area contributed by atoms with Crippen molar-refractivity contribution < 1.29 is 4.42 Å². The number of hydrogen-bond donors (Lipinski definition) is 0. The smallest absolute Gasteiger partial charge is 0.164 e. The number of benzene rings is 18. The Morgan fingerprint density at radius 3 is 1.07 bits per heavy atom. The zero-order chi connectivity index (χ0) is 70.7. The molecular formula is C98H54N6OS3. The predicted octanol–water partition coefficient (Wildman–Crippen LogP) is 28.0. The predicted molar refractivity (Wildman–Crippen MR) is 458 cm³/mol. The maximum atomic E-state index is 6.34. The summed E-state index contributed by atoms with van der Waals surface area (Å²) in [5, 5.41) is 28.9. The molecule has 0 fully saturated rings. The number of nitrogens with zero attached hydrogens (tertiary/aromatic N) is 6. The Hall–Kier alpha value is -13.5. The largest absolute Gasteiger partial charge is 0.456 e. The molecule has 0 saturated heterocycles. The van der Waals surface area contributed by atoms with Gasteiger partial charge in [0, 0.05) is 105 Å². The molecule has 0 spiro atoms. The second-order valence-corrected chi connectivity index (χ2v) is 31.2. The highest BCUT2D eigenvalue weighted by Gasteiger charge is 2.22. The first-order valence-electron chi connectivity index (χ1n) is 36.2. The summed E-state index contributed by atoms with van der Waals surface area (Å²) in [6, 6.07) is 117. The summed E-state index contributed by atoms with van der Waals surface area (Å²) in [6.07, 6.45) is 0. The SMILES string of the molecule is c1ccc2cc(-c3nc(-c4ccc5c(ccc6ccc7cc8c(cc7c65)oc5ccccc58)c4)nc(-c4cccc5sc6ccccc6c45)n3)ccc2c1.c1ccc2cc(-c3nc(-c4ccc5c(ccc6ccc7cc8sc9ccccc9c8cc7c65)c4)nc(-c4cccc5sc6ccccc6c45)n3)ccc2c1. The van der Waals surface area contributed by atoms with E-state index in [0.717, 1.165) is 76.9 Å². The van der Waals surface area contributed by atoms with Crippen LogP contribution in [0, 0.1) is 0 Å². The molecule has 0 N–H and O–H groups in total. The monoisotopic (exact) mass is 1430 g/mol. The lowest BCUT2D eigenvalue weighted by atomic mass is 9.94. The quantitative estimate of drug-likeness (QED) is 0.153. The average Bonchev–Trinajstić information content (AvgIpc) is 1.24. The van der Waals surface area contributed by atoms with E-state index in [1.807, 2.05) is 23.5 Å².